The topological polar surface area (TPSA) is 37.3 Å². The van der Waals surface area contributed by atoms with Crippen molar-refractivity contribution in [3.05, 3.63) is 34.9 Å². The van der Waals surface area contributed by atoms with E-state index in [0.29, 0.717) is 0 Å². The van der Waals surface area contributed by atoms with Crippen LogP contribution in [0.1, 0.15) is 60.3 Å². The van der Waals surface area contributed by atoms with Crippen LogP contribution in [0.25, 0.3) is 0 Å². The maximum absolute atomic E-state index is 10.9. The first-order valence-electron chi connectivity index (χ1n) is 7.00. The van der Waals surface area contributed by atoms with Gasteiger partial charge >= 0.3 is 5.97 Å². The first-order valence-corrected chi connectivity index (χ1v) is 7.00. The summed E-state index contributed by atoms with van der Waals surface area (Å²) >= 11 is 0. The van der Waals surface area contributed by atoms with Gasteiger partial charge in [0.05, 0.1) is 6.42 Å². The van der Waals surface area contributed by atoms with Gasteiger partial charge in [-0.2, -0.15) is 0 Å². The molecule has 2 heteroatoms. The lowest BCUT2D eigenvalue weighted by molar-refractivity contribution is -0.137. The van der Waals surface area contributed by atoms with Gasteiger partial charge in [0.2, 0.25) is 0 Å². The minimum absolute atomic E-state index is 0.123. The Morgan fingerprint density at radius 1 is 1.16 bits per heavy atom. The Kier molecular flexibility index (Phi) is 8.94. The summed E-state index contributed by atoms with van der Waals surface area (Å²) in [5.74, 6) is -0.595. The lowest BCUT2D eigenvalue weighted by Gasteiger charge is -2.14. The molecule has 0 saturated carbocycles. The molecule has 0 aliphatic carbocycles. The first kappa shape index (κ1) is 17.7. The molecule has 0 rings (SSSR count). The van der Waals surface area contributed by atoms with Crippen molar-refractivity contribution in [1.29, 1.82) is 0 Å². The highest BCUT2D eigenvalue weighted by molar-refractivity contribution is 5.67. The molecule has 0 bridgehead atoms. The van der Waals surface area contributed by atoms with Crippen molar-refractivity contribution in [1.82, 2.24) is 0 Å². The van der Waals surface area contributed by atoms with Gasteiger partial charge in [-0.3, -0.25) is 4.79 Å². The Morgan fingerprint density at radius 3 is 2.26 bits per heavy atom. The number of aliphatic carboxylic acids is 1. The molecule has 0 aliphatic rings. The summed E-state index contributed by atoms with van der Waals surface area (Å²) in [5.41, 5.74) is 3.82. The van der Waals surface area contributed by atoms with E-state index in [0.717, 1.165) is 19.3 Å². The van der Waals surface area contributed by atoms with E-state index in [-0.39, 0.29) is 12.3 Å². The standard InChI is InChI=1S/C17H28O2/c1-6-14(4)8-7-9-15(5)16(12-17(18)19)11-10-13(2)3/h6,9-10,16H,7-8,11-12H2,1-5H3,(H,18,19)/b14-6+,15-9?. The van der Waals surface area contributed by atoms with Crippen LogP contribution in [-0.4, -0.2) is 11.1 Å². The molecule has 0 saturated heterocycles. The molecule has 19 heavy (non-hydrogen) atoms. The molecule has 0 amide bonds. The van der Waals surface area contributed by atoms with Crippen molar-refractivity contribution in [2.75, 3.05) is 0 Å². The molecule has 1 atom stereocenters. The van der Waals surface area contributed by atoms with Crippen molar-refractivity contribution in [2.45, 2.75) is 60.3 Å². The van der Waals surface area contributed by atoms with Crippen molar-refractivity contribution >= 4 is 5.97 Å². The van der Waals surface area contributed by atoms with Gasteiger partial charge in [-0.05, 0) is 59.8 Å². The second kappa shape index (κ2) is 9.60. The molecule has 0 fully saturated rings. The first-order chi connectivity index (χ1) is 8.86. The number of hydrogen-bond donors (Lipinski definition) is 1. The maximum atomic E-state index is 10.9. The molecule has 0 aromatic heterocycles. The molecular formula is C17H28O2. The van der Waals surface area contributed by atoms with Gasteiger partial charge in [-0.1, -0.05) is 34.9 Å². The number of carbonyl (C=O) groups is 1. The summed E-state index contributed by atoms with van der Waals surface area (Å²) in [4.78, 5) is 10.9. The van der Waals surface area contributed by atoms with E-state index >= 15 is 0 Å². The fraction of sp³-hybridized carbons (Fsp3) is 0.588. The molecule has 1 unspecified atom stereocenters. The fourth-order valence-corrected chi connectivity index (χ4v) is 1.86. The Hall–Kier alpha value is -1.31. The van der Waals surface area contributed by atoms with Crippen molar-refractivity contribution in [3.8, 4) is 0 Å². The van der Waals surface area contributed by atoms with Crippen molar-refractivity contribution in [2.24, 2.45) is 5.92 Å². The van der Waals surface area contributed by atoms with Crippen LogP contribution < -0.4 is 0 Å². The van der Waals surface area contributed by atoms with E-state index < -0.39 is 5.97 Å². The van der Waals surface area contributed by atoms with Crippen LogP contribution in [0.15, 0.2) is 34.9 Å². The summed E-state index contributed by atoms with van der Waals surface area (Å²) in [6.07, 6.45) is 9.53. The van der Waals surface area contributed by atoms with Gasteiger partial charge in [0.15, 0.2) is 0 Å². The average Bonchev–Trinajstić information content (AvgIpc) is 2.33. The summed E-state index contributed by atoms with van der Waals surface area (Å²) in [5, 5.41) is 8.99. The SMILES string of the molecule is C/C=C(\C)CCC=C(C)C(CC=C(C)C)CC(=O)O. The molecule has 0 aromatic rings. The highest BCUT2D eigenvalue weighted by atomic mass is 16.4. The second-order valence-corrected chi connectivity index (χ2v) is 5.43. The number of hydrogen-bond acceptors (Lipinski definition) is 1. The highest BCUT2D eigenvalue weighted by Crippen LogP contribution is 2.22. The van der Waals surface area contributed by atoms with Crippen LogP contribution in [0.3, 0.4) is 0 Å². The molecular weight excluding hydrogens is 236 g/mol. The fourth-order valence-electron chi connectivity index (χ4n) is 1.86. The number of rotatable bonds is 8. The lowest BCUT2D eigenvalue weighted by Crippen LogP contribution is -2.08. The van der Waals surface area contributed by atoms with Crippen LogP contribution in [0, 0.1) is 5.92 Å². The Balaban J connectivity index is 4.60. The zero-order valence-electron chi connectivity index (χ0n) is 13.0. The summed E-state index contributed by atoms with van der Waals surface area (Å²) in [6, 6.07) is 0. The maximum Gasteiger partial charge on any atom is 0.303 e. The minimum atomic E-state index is -0.718. The second-order valence-electron chi connectivity index (χ2n) is 5.43. The van der Waals surface area contributed by atoms with E-state index in [1.54, 1.807) is 0 Å². The van der Waals surface area contributed by atoms with Gasteiger partial charge in [0.1, 0.15) is 0 Å². The predicted octanol–water partition coefficient (Wildman–Crippen LogP) is 5.13. The number of allylic oxidation sites excluding steroid dienone is 6. The van der Waals surface area contributed by atoms with Gasteiger partial charge in [-0.15, -0.1) is 0 Å². The Labute approximate surface area is 117 Å². The van der Waals surface area contributed by atoms with Gasteiger partial charge in [0.25, 0.3) is 0 Å². The van der Waals surface area contributed by atoms with E-state index in [1.807, 2.05) is 20.8 Å². The van der Waals surface area contributed by atoms with Gasteiger partial charge in [-0.25, -0.2) is 0 Å². The van der Waals surface area contributed by atoms with Gasteiger partial charge in [0, 0.05) is 0 Å². The van der Waals surface area contributed by atoms with Crippen LogP contribution in [0.2, 0.25) is 0 Å². The minimum Gasteiger partial charge on any atom is -0.481 e. The normalized spacial score (nSPS) is 14.2. The summed E-state index contributed by atoms with van der Waals surface area (Å²) < 4.78 is 0. The van der Waals surface area contributed by atoms with Crippen LogP contribution in [-0.2, 0) is 4.79 Å². The molecule has 1 N–H and O–H groups in total. The Bertz CT molecular complexity index is 369. The molecule has 0 spiro atoms. The van der Waals surface area contributed by atoms with E-state index in [1.165, 1.54) is 16.7 Å². The summed E-state index contributed by atoms with van der Waals surface area (Å²) in [6.45, 7) is 10.3. The molecule has 108 valence electrons. The molecule has 0 aliphatic heterocycles. The Morgan fingerprint density at radius 2 is 1.79 bits per heavy atom. The average molecular weight is 264 g/mol. The van der Waals surface area contributed by atoms with E-state index in [9.17, 15) is 4.79 Å². The zero-order valence-corrected chi connectivity index (χ0v) is 13.0. The lowest BCUT2D eigenvalue weighted by atomic mass is 9.91. The van der Waals surface area contributed by atoms with Crippen molar-refractivity contribution < 1.29 is 9.90 Å². The summed E-state index contributed by atoms with van der Waals surface area (Å²) in [7, 11) is 0. The van der Waals surface area contributed by atoms with Crippen LogP contribution in [0.4, 0.5) is 0 Å². The van der Waals surface area contributed by atoms with E-state index in [2.05, 4.69) is 32.1 Å². The molecule has 2 nitrogen and oxygen atoms in total. The van der Waals surface area contributed by atoms with Crippen molar-refractivity contribution in [3.63, 3.8) is 0 Å². The number of carboxylic acids is 1. The third kappa shape index (κ3) is 9.29. The highest BCUT2D eigenvalue weighted by Gasteiger charge is 2.13. The quantitative estimate of drug-likeness (QED) is 0.617. The predicted molar refractivity (Wildman–Crippen MR) is 82.2 cm³/mol. The van der Waals surface area contributed by atoms with E-state index in [4.69, 9.17) is 5.11 Å². The van der Waals surface area contributed by atoms with Gasteiger partial charge < -0.3 is 5.11 Å². The molecule has 0 heterocycles. The van der Waals surface area contributed by atoms with Crippen LogP contribution >= 0.6 is 0 Å². The zero-order chi connectivity index (χ0) is 14.8. The smallest absolute Gasteiger partial charge is 0.303 e. The third-order valence-corrected chi connectivity index (χ3v) is 3.37. The van der Waals surface area contributed by atoms with Crippen LogP contribution in [0.5, 0.6) is 0 Å². The third-order valence-electron chi connectivity index (χ3n) is 3.37. The molecule has 0 radical (unpaired) electrons. The monoisotopic (exact) mass is 264 g/mol. The largest absolute Gasteiger partial charge is 0.481 e. The number of carboxylic acid groups (broad SMARTS) is 1. The molecule has 0 aromatic carbocycles.